The zero-order valence-electron chi connectivity index (χ0n) is 11.0. The molecule has 98 valence electrons. The molecule has 0 saturated carbocycles. The molecule has 2 nitrogen and oxygen atoms in total. The van der Waals surface area contributed by atoms with Gasteiger partial charge < -0.3 is 4.74 Å². The van der Waals surface area contributed by atoms with E-state index in [1.165, 1.54) is 0 Å². The molecule has 0 amide bonds. The maximum atomic E-state index is 9.36. The largest absolute Gasteiger partial charge is 0.494 e. The fourth-order valence-electron chi connectivity index (χ4n) is 1.82. The van der Waals surface area contributed by atoms with Crippen LogP contribution in [0.2, 0.25) is 0 Å². The number of benzene rings is 1. The van der Waals surface area contributed by atoms with Gasteiger partial charge in [0.1, 0.15) is 11.8 Å². The molecular weight excluding hydrogens is 274 g/mol. The normalized spacial score (nSPS) is 10.2. The van der Waals surface area contributed by atoms with Crippen molar-refractivity contribution in [3.63, 3.8) is 0 Å². The molecule has 1 aromatic heterocycles. The van der Waals surface area contributed by atoms with Gasteiger partial charge in [-0.3, -0.25) is 0 Å². The monoisotopic (exact) mass is 289 g/mol. The van der Waals surface area contributed by atoms with Gasteiger partial charge in [0.25, 0.3) is 0 Å². The fraction of sp³-hybridized carbons (Fsp3) is 0.267. The van der Waals surface area contributed by atoms with E-state index in [9.17, 15) is 5.26 Å². The Bertz CT molecular complexity index is 598. The molecule has 0 fully saturated rings. The summed E-state index contributed by atoms with van der Waals surface area (Å²) in [7, 11) is 0. The highest BCUT2D eigenvalue weighted by molar-refractivity contribution is 8.01. The Morgan fingerprint density at radius 2 is 2.21 bits per heavy atom. The quantitative estimate of drug-likeness (QED) is 0.741. The summed E-state index contributed by atoms with van der Waals surface area (Å²) in [5, 5.41) is 11.4. The molecule has 2 rings (SSSR count). The Morgan fingerprint density at radius 3 is 2.89 bits per heavy atom. The van der Waals surface area contributed by atoms with Crippen LogP contribution >= 0.6 is 23.1 Å². The van der Waals surface area contributed by atoms with E-state index in [4.69, 9.17) is 4.74 Å². The topological polar surface area (TPSA) is 33.0 Å². The van der Waals surface area contributed by atoms with Crippen LogP contribution in [0.25, 0.3) is 11.1 Å². The lowest BCUT2D eigenvalue weighted by Crippen LogP contribution is -1.91. The van der Waals surface area contributed by atoms with E-state index in [0.29, 0.717) is 6.61 Å². The van der Waals surface area contributed by atoms with E-state index in [1.807, 2.05) is 31.2 Å². The van der Waals surface area contributed by atoms with Gasteiger partial charge in [0.2, 0.25) is 0 Å². The van der Waals surface area contributed by atoms with Crippen LogP contribution in [-0.2, 0) is 0 Å². The Hall–Kier alpha value is -1.44. The second-order valence-corrected chi connectivity index (χ2v) is 6.23. The number of nitriles is 1. The molecule has 0 spiro atoms. The van der Waals surface area contributed by atoms with Gasteiger partial charge in [-0.05, 0) is 30.4 Å². The third-order valence-corrected chi connectivity index (χ3v) is 4.77. The molecule has 0 radical (unpaired) electrons. The zero-order chi connectivity index (χ0) is 13.7. The number of thioether (sulfide) groups is 1. The van der Waals surface area contributed by atoms with Gasteiger partial charge >= 0.3 is 0 Å². The van der Waals surface area contributed by atoms with Crippen molar-refractivity contribution < 1.29 is 4.74 Å². The summed E-state index contributed by atoms with van der Waals surface area (Å²) in [6.45, 7) is 4.71. The number of ether oxygens (including phenoxy) is 1. The van der Waals surface area contributed by atoms with E-state index in [-0.39, 0.29) is 0 Å². The van der Waals surface area contributed by atoms with Crippen LogP contribution in [0.5, 0.6) is 5.75 Å². The second-order valence-electron chi connectivity index (χ2n) is 3.82. The number of hydrogen-bond donors (Lipinski definition) is 0. The smallest absolute Gasteiger partial charge is 0.119 e. The lowest BCUT2D eigenvalue weighted by molar-refractivity contribution is 0.340. The summed E-state index contributed by atoms with van der Waals surface area (Å²) in [6.07, 6.45) is 0. The molecule has 1 heterocycles. The molecule has 0 N–H and O–H groups in total. The fourth-order valence-corrected chi connectivity index (χ4v) is 3.90. The average Bonchev–Trinajstić information content (AvgIpc) is 2.83. The van der Waals surface area contributed by atoms with E-state index in [2.05, 4.69) is 18.4 Å². The minimum Gasteiger partial charge on any atom is -0.494 e. The van der Waals surface area contributed by atoms with Crippen molar-refractivity contribution in [2.75, 3.05) is 12.4 Å². The van der Waals surface area contributed by atoms with Crippen LogP contribution in [0.4, 0.5) is 0 Å². The minimum absolute atomic E-state index is 0.648. The Morgan fingerprint density at radius 1 is 1.37 bits per heavy atom. The van der Waals surface area contributed by atoms with E-state index in [1.54, 1.807) is 23.1 Å². The highest BCUT2D eigenvalue weighted by Crippen LogP contribution is 2.38. The molecule has 19 heavy (non-hydrogen) atoms. The highest BCUT2D eigenvalue weighted by Gasteiger charge is 2.13. The molecule has 2 aromatic rings. The third-order valence-electron chi connectivity index (χ3n) is 2.60. The lowest BCUT2D eigenvalue weighted by atomic mass is 10.1. The van der Waals surface area contributed by atoms with Crippen LogP contribution < -0.4 is 4.74 Å². The van der Waals surface area contributed by atoms with E-state index >= 15 is 0 Å². The first kappa shape index (κ1) is 14.0. The third kappa shape index (κ3) is 3.12. The molecule has 0 unspecified atom stereocenters. The standard InChI is InChI=1S/C15H15NOS2/c1-3-17-12-7-5-6-11(8-12)14-10-19-15(18-4-2)13(14)9-16/h5-8,10H,3-4H2,1-2H3. The van der Waals surface area contributed by atoms with Crippen molar-refractivity contribution in [2.24, 2.45) is 0 Å². The molecule has 0 saturated heterocycles. The Balaban J connectivity index is 2.41. The maximum absolute atomic E-state index is 9.36. The second kappa shape index (κ2) is 6.65. The summed E-state index contributed by atoms with van der Waals surface area (Å²) >= 11 is 3.36. The first-order valence-corrected chi connectivity index (χ1v) is 8.04. The zero-order valence-corrected chi connectivity index (χ0v) is 12.6. The first-order valence-electron chi connectivity index (χ1n) is 6.17. The van der Waals surface area contributed by atoms with Crippen LogP contribution in [0.1, 0.15) is 19.4 Å². The predicted octanol–water partition coefficient (Wildman–Crippen LogP) is 4.80. The van der Waals surface area contributed by atoms with Crippen molar-refractivity contribution >= 4 is 23.1 Å². The van der Waals surface area contributed by atoms with Crippen molar-refractivity contribution in [3.05, 3.63) is 35.2 Å². The summed E-state index contributed by atoms with van der Waals surface area (Å²) in [6, 6.07) is 10.2. The van der Waals surface area contributed by atoms with Crippen molar-refractivity contribution in [2.45, 2.75) is 18.1 Å². The number of nitrogens with zero attached hydrogens (tertiary/aromatic N) is 1. The molecule has 0 bridgehead atoms. The van der Waals surface area contributed by atoms with Crippen molar-refractivity contribution in [1.29, 1.82) is 5.26 Å². The molecule has 0 aliphatic carbocycles. The van der Waals surface area contributed by atoms with Crippen molar-refractivity contribution in [1.82, 2.24) is 0 Å². The van der Waals surface area contributed by atoms with Gasteiger partial charge in [0, 0.05) is 10.9 Å². The molecule has 0 aliphatic heterocycles. The summed E-state index contributed by atoms with van der Waals surface area (Å²) < 4.78 is 6.61. The minimum atomic E-state index is 0.648. The number of rotatable bonds is 5. The molecule has 0 atom stereocenters. The van der Waals surface area contributed by atoms with E-state index in [0.717, 1.165) is 32.4 Å². The molecule has 0 aliphatic rings. The van der Waals surface area contributed by atoms with Gasteiger partial charge in [-0.2, -0.15) is 5.26 Å². The van der Waals surface area contributed by atoms with Gasteiger partial charge in [0.05, 0.1) is 16.4 Å². The summed E-state index contributed by atoms with van der Waals surface area (Å²) in [5.41, 5.74) is 2.83. The predicted molar refractivity (Wildman–Crippen MR) is 82.0 cm³/mol. The van der Waals surface area contributed by atoms with Gasteiger partial charge in [-0.25, -0.2) is 0 Å². The molecule has 4 heteroatoms. The maximum Gasteiger partial charge on any atom is 0.119 e. The molecule has 1 aromatic carbocycles. The summed E-state index contributed by atoms with van der Waals surface area (Å²) in [4.78, 5) is 0. The Labute approximate surface area is 122 Å². The van der Waals surface area contributed by atoms with Crippen molar-refractivity contribution in [3.8, 4) is 22.9 Å². The first-order chi connectivity index (χ1) is 9.30. The molecular formula is C15H15NOS2. The van der Waals surface area contributed by atoms with Gasteiger partial charge in [0.15, 0.2) is 0 Å². The van der Waals surface area contributed by atoms with Gasteiger partial charge in [-0.1, -0.05) is 19.1 Å². The van der Waals surface area contributed by atoms with Gasteiger partial charge in [-0.15, -0.1) is 23.1 Å². The Kier molecular flexibility index (Phi) is 4.89. The average molecular weight is 289 g/mol. The van der Waals surface area contributed by atoms with Crippen LogP contribution in [0, 0.1) is 11.3 Å². The highest BCUT2D eigenvalue weighted by atomic mass is 32.2. The van der Waals surface area contributed by atoms with E-state index < -0.39 is 0 Å². The number of thiophene rings is 1. The van der Waals surface area contributed by atoms with Crippen LogP contribution in [0.3, 0.4) is 0 Å². The number of hydrogen-bond acceptors (Lipinski definition) is 4. The SMILES string of the molecule is CCOc1cccc(-c2csc(SCC)c2C#N)c1. The lowest BCUT2D eigenvalue weighted by Gasteiger charge is -2.05. The van der Waals surface area contributed by atoms with Crippen LogP contribution in [-0.4, -0.2) is 12.4 Å². The van der Waals surface area contributed by atoms with Crippen LogP contribution in [0.15, 0.2) is 33.9 Å². The summed E-state index contributed by atoms with van der Waals surface area (Å²) in [5.74, 6) is 1.83.